The minimum absolute atomic E-state index is 0.766. The lowest BCUT2D eigenvalue weighted by molar-refractivity contribution is 1.35. The Morgan fingerprint density at radius 3 is 2.50 bits per heavy atom. The Labute approximate surface area is 118 Å². The fourth-order valence-corrected chi connectivity index (χ4v) is 2.50. The summed E-state index contributed by atoms with van der Waals surface area (Å²) in [5.41, 5.74) is 12.0. The monoisotopic (exact) mass is 263 g/mol. The Hall–Kier alpha value is -2.55. The van der Waals surface area contributed by atoms with Gasteiger partial charge in [0.2, 0.25) is 0 Å². The zero-order valence-electron chi connectivity index (χ0n) is 11.6. The lowest BCUT2D eigenvalue weighted by atomic mass is 10.0. The number of nitrogens with two attached hydrogens (primary N) is 1. The summed E-state index contributed by atoms with van der Waals surface area (Å²) < 4.78 is 0. The third-order valence-electron chi connectivity index (χ3n) is 3.37. The summed E-state index contributed by atoms with van der Waals surface area (Å²) in [6.45, 7) is 4.21. The van der Waals surface area contributed by atoms with Crippen LogP contribution in [0.5, 0.6) is 0 Å². The van der Waals surface area contributed by atoms with Crippen LogP contribution in [0.25, 0.3) is 10.9 Å². The lowest BCUT2D eigenvalue weighted by Gasteiger charge is -2.12. The molecule has 0 fully saturated rings. The Morgan fingerprint density at radius 1 is 1.00 bits per heavy atom. The molecule has 0 aliphatic carbocycles. The second-order valence-corrected chi connectivity index (χ2v) is 5.08. The highest BCUT2D eigenvalue weighted by Gasteiger charge is 2.06. The number of benzene rings is 2. The molecule has 1 heterocycles. The van der Waals surface area contributed by atoms with Gasteiger partial charge in [0.1, 0.15) is 0 Å². The number of pyridine rings is 1. The minimum atomic E-state index is 0.766. The predicted octanol–water partition coefficient (Wildman–Crippen LogP) is 4.18. The highest BCUT2D eigenvalue weighted by molar-refractivity contribution is 5.95. The summed E-state index contributed by atoms with van der Waals surface area (Å²) >= 11 is 0. The molecule has 1 aromatic heterocycles. The van der Waals surface area contributed by atoms with Crippen molar-refractivity contribution in [3.63, 3.8) is 0 Å². The summed E-state index contributed by atoms with van der Waals surface area (Å²) in [5.74, 6) is 0. The van der Waals surface area contributed by atoms with E-state index in [9.17, 15) is 0 Å². The Bertz CT molecular complexity index is 761. The van der Waals surface area contributed by atoms with Crippen LogP contribution in [0.15, 0.2) is 48.7 Å². The summed E-state index contributed by atoms with van der Waals surface area (Å²) in [4.78, 5) is 4.46. The average Bonchev–Trinajstić information content (AvgIpc) is 2.41. The Balaban J connectivity index is 2.09. The van der Waals surface area contributed by atoms with Crippen molar-refractivity contribution in [2.45, 2.75) is 13.8 Å². The lowest BCUT2D eigenvalue weighted by Crippen LogP contribution is -1.95. The molecule has 0 saturated heterocycles. The molecule has 20 heavy (non-hydrogen) atoms. The van der Waals surface area contributed by atoms with E-state index in [0.29, 0.717) is 0 Å². The number of aryl methyl sites for hydroxylation is 2. The van der Waals surface area contributed by atoms with Crippen LogP contribution in [0, 0.1) is 13.8 Å². The fraction of sp³-hybridized carbons (Fsp3) is 0.118. The number of anilines is 3. The average molecular weight is 263 g/mol. The normalized spacial score (nSPS) is 10.7. The van der Waals surface area contributed by atoms with E-state index in [1.54, 1.807) is 0 Å². The zero-order chi connectivity index (χ0) is 14.1. The van der Waals surface area contributed by atoms with Crippen LogP contribution in [0.1, 0.15) is 11.1 Å². The Morgan fingerprint density at radius 2 is 1.75 bits per heavy atom. The number of nitrogens with zero attached hydrogens (tertiary/aromatic N) is 1. The first-order valence-electron chi connectivity index (χ1n) is 6.62. The molecule has 0 amide bonds. The molecule has 3 N–H and O–H groups in total. The molecule has 0 bridgehead atoms. The van der Waals surface area contributed by atoms with Crippen molar-refractivity contribution in [3.05, 3.63) is 59.8 Å². The van der Waals surface area contributed by atoms with Crippen LogP contribution in [-0.2, 0) is 0 Å². The third kappa shape index (κ3) is 2.30. The van der Waals surface area contributed by atoms with Gasteiger partial charge < -0.3 is 11.1 Å². The van der Waals surface area contributed by atoms with E-state index >= 15 is 0 Å². The number of aromatic nitrogens is 1. The van der Waals surface area contributed by atoms with Crippen LogP contribution in [-0.4, -0.2) is 4.98 Å². The number of hydrogen-bond acceptors (Lipinski definition) is 3. The van der Waals surface area contributed by atoms with E-state index in [1.807, 2.05) is 36.5 Å². The predicted molar refractivity (Wildman–Crippen MR) is 85.4 cm³/mol. The molecule has 100 valence electrons. The molecule has 0 aliphatic heterocycles. The van der Waals surface area contributed by atoms with Crippen LogP contribution < -0.4 is 11.1 Å². The van der Waals surface area contributed by atoms with E-state index < -0.39 is 0 Å². The van der Waals surface area contributed by atoms with Crippen molar-refractivity contribution in [1.82, 2.24) is 4.98 Å². The quantitative estimate of drug-likeness (QED) is 0.682. The van der Waals surface area contributed by atoms with Gasteiger partial charge in [0, 0.05) is 28.6 Å². The topological polar surface area (TPSA) is 50.9 Å². The number of fused-ring (bicyclic) bond motifs is 1. The first-order valence-corrected chi connectivity index (χ1v) is 6.62. The maximum atomic E-state index is 5.71. The number of hydrogen-bond donors (Lipinski definition) is 2. The van der Waals surface area contributed by atoms with Gasteiger partial charge in [-0.1, -0.05) is 6.07 Å². The van der Waals surface area contributed by atoms with Crippen LogP contribution in [0.4, 0.5) is 17.1 Å². The molecule has 3 rings (SSSR count). The van der Waals surface area contributed by atoms with Gasteiger partial charge in [-0.05, 0) is 61.4 Å². The molecule has 0 saturated carbocycles. The fourth-order valence-electron chi connectivity index (χ4n) is 2.50. The van der Waals surface area contributed by atoms with Gasteiger partial charge >= 0.3 is 0 Å². The maximum absolute atomic E-state index is 5.71. The molecule has 0 unspecified atom stereocenters. The van der Waals surface area contributed by atoms with Gasteiger partial charge in [-0.25, -0.2) is 0 Å². The van der Waals surface area contributed by atoms with Gasteiger partial charge in [0.15, 0.2) is 0 Å². The van der Waals surface area contributed by atoms with Gasteiger partial charge in [-0.3, -0.25) is 4.98 Å². The molecule has 3 heteroatoms. The largest absolute Gasteiger partial charge is 0.399 e. The molecule has 0 radical (unpaired) electrons. The van der Waals surface area contributed by atoms with E-state index in [1.165, 1.54) is 11.1 Å². The second-order valence-electron chi connectivity index (χ2n) is 5.08. The number of nitrogens with one attached hydrogen (secondary N) is 1. The first-order chi connectivity index (χ1) is 9.63. The Kier molecular flexibility index (Phi) is 3.03. The number of rotatable bonds is 2. The van der Waals surface area contributed by atoms with Gasteiger partial charge in [-0.2, -0.15) is 0 Å². The SMILES string of the molecule is Cc1cc(C)c2c(Nc3ccc(N)cc3)ccnc2c1. The van der Waals surface area contributed by atoms with Crippen molar-refractivity contribution >= 4 is 28.0 Å². The first kappa shape index (κ1) is 12.5. The van der Waals surface area contributed by atoms with Crippen LogP contribution in [0.3, 0.4) is 0 Å². The summed E-state index contributed by atoms with van der Waals surface area (Å²) in [6, 6.07) is 14.0. The smallest absolute Gasteiger partial charge is 0.0728 e. The van der Waals surface area contributed by atoms with Gasteiger partial charge in [0.25, 0.3) is 0 Å². The molecule has 0 aliphatic rings. The summed E-state index contributed by atoms with van der Waals surface area (Å²) in [7, 11) is 0. The van der Waals surface area contributed by atoms with E-state index in [2.05, 4.69) is 36.3 Å². The molecule has 3 nitrogen and oxygen atoms in total. The van der Waals surface area contributed by atoms with Crippen LogP contribution in [0.2, 0.25) is 0 Å². The second kappa shape index (κ2) is 4.85. The number of nitrogen functional groups attached to an aromatic ring is 1. The van der Waals surface area contributed by atoms with Crippen molar-refractivity contribution in [2.75, 3.05) is 11.1 Å². The molecule has 2 aromatic carbocycles. The van der Waals surface area contributed by atoms with E-state index in [4.69, 9.17) is 5.73 Å². The van der Waals surface area contributed by atoms with E-state index in [0.717, 1.165) is 28.0 Å². The van der Waals surface area contributed by atoms with Gasteiger partial charge in [-0.15, -0.1) is 0 Å². The van der Waals surface area contributed by atoms with Crippen molar-refractivity contribution < 1.29 is 0 Å². The highest BCUT2D eigenvalue weighted by Crippen LogP contribution is 2.29. The standard InChI is InChI=1S/C17H17N3/c1-11-9-12(2)17-15(7-8-19-16(17)10-11)20-14-5-3-13(18)4-6-14/h3-10H,18H2,1-2H3,(H,19,20). The molecular formula is C17H17N3. The zero-order valence-corrected chi connectivity index (χ0v) is 11.6. The van der Waals surface area contributed by atoms with Crippen molar-refractivity contribution in [3.8, 4) is 0 Å². The van der Waals surface area contributed by atoms with Gasteiger partial charge in [0.05, 0.1) is 5.52 Å². The van der Waals surface area contributed by atoms with E-state index in [-0.39, 0.29) is 0 Å². The molecule has 3 aromatic rings. The van der Waals surface area contributed by atoms with Crippen molar-refractivity contribution in [2.24, 2.45) is 0 Å². The molecular weight excluding hydrogens is 246 g/mol. The highest BCUT2D eigenvalue weighted by atomic mass is 14.9. The summed E-state index contributed by atoms with van der Waals surface area (Å²) in [6.07, 6.45) is 1.83. The minimum Gasteiger partial charge on any atom is -0.399 e. The maximum Gasteiger partial charge on any atom is 0.0728 e. The third-order valence-corrected chi connectivity index (χ3v) is 3.37. The summed E-state index contributed by atoms with van der Waals surface area (Å²) in [5, 5.41) is 4.60. The molecule has 0 spiro atoms. The van der Waals surface area contributed by atoms with Crippen LogP contribution >= 0.6 is 0 Å². The van der Waals surface area contributed by atoms with Crippen molar-refractivity contribution in [1.29, 1.82) is 0 Å². The molecule has 0 atom stereocenters.